The highest BCUT2D eigenvalue weighted by atomic mass is 32.2. The average molecular weight is 339 g/mol. The maximum Gasteiger partial charge on any atom is 0.341 e. The van der Waals surface area contributed by atoms with Crippen LogP contribution in [0.3, 0.4) is 0 Å². The Balaban J connectivity index is 2.20. The molecule has 0 bridgehead atoms. The topological polar surface area (TPSA) is 83.9 Å². The molecule has 0 aliphatic heterocycles. The summed E-state index contributed by atoms with van der Waals surface area (Å²) in [6.45, 7) is -0.483. The van der Waals surface area contributed by atoms with Gasteiger partial charge in [-0.15, -0.1) is 0 Å². The molecular formula is C15H14FNO5S. The molecule has 0 heterocycles. The first-order valence-corrected chi connectivity index (χ1v) is 7.94. The molecule has 2 aromatic rings. The zero-order chi connectivity index (χ0) is 17.0. The maximum absolute atomic E-state index is 12.9. The zero-order valence-electron chi connectivity index (χ0n) is 12.1. The number of hydrogen-bond acceptors (Lipinski definition) is 4. The summed E-state index contributed by atoms with van der Waals surface area (Å²) in [4.78, 5) is 10.4. The Hall–Kier alpha value is -2.61. The van der Waals surface area contributed by atoms with Crippen LogP contribution in [0.5, 0.6) is 5.75 Å². The van der Waals surface area contributed by atoms with E-state index >= 15 is 0 Å². The molecular weight excluding hydrogens is 325 g/mol. The number of ether oxygens (including phenoxy) is 1. The largest absolute Gasteiger partial charge is 0.482 e. The van der Waals surface area contributed by atoms with E-state index in [0.29, 0.717) is 11.4 Å². The first-order valence-electron chi connectivity index (χ1n) is 6.50. The molecule has 0 fully saturated rings. The smallest absolute Gasteiger partial charge is 0.341 e. The summed E-state index contributed by atoms with van der Waals surface area (Å²) in [5, 5.41) is 8.53. The quantitative estimate of drug-likeness (QED) is 0.871. The van der Waals surface area contributed by atoms with Crippen LogP contribution in [-0.2, 0) is 14.8 Å². The third-order valence-electron chi connectivity index (χ3n) is 3.03. The van der Waals surface area contributed by atoms with E-state index in [4.69, 9.17) is 9.84 Å². The van der Waals surface area contributed by atoms with Crippen LogP contribution >= 0.6 is 0 Å². The number of nitrogens with zero attached hydrogens (tertiary/aromatic N) is 1. The van der Waals surface area contributed by atoms with Gasteiger partial charge in [0.25, 0.3) is 10.0 Å². The standard InChI is InChI=1S/C15H14FNO5S/c1-17(23(20,21)14-8-2-11(16)3-9-14)12-4-6-13(7-5-12)22-10-15(18)19/h2-9H,10H2,1H3,(H,18,19). The number of carboxylic acids is 1. The van der Waals surface area contributed by atoms with Gasteiger partial charge in [0.1, 0.15) is 11.6 Å². The van der Waals surface area contributed by atoms with Crippen LogP contribution in [0.15, 0.2) is 53.4 Å². The second-order valence-electron chi connectivity index (χ2n) is 4.60. The van der Waals surface area contributed by atoms with Gasteiger partial charge in [0.05, 0.1) is 10.6 Å². The van der Waals surface area contributed by atoms with Crippen molar-refractivity contribution in [1.29, 1.82) is 0 Å². The second-order valence-corrected chi connectivity index (χ2v) is 6.57. The molecule has 23 heavy (non-hydrogen) atoms. The summed E-state index contributed by atoms with van der Waals surface area (Å²) < 4.78 is 43.8. The van der Waals surface area contributed by atoms with Crippen LogP contribution in [0.2, 0.25) is 0 Å². The number of aliphatic carboxylic acids is 1. The Labute approximate surface area is 132 Å². The summed E-state index contributed by atoms with van der Waals surface area (Å²) in [5.74, 6) is -1.32. The average Bonchev–Trinajstić information content (AvgIpc) is 2.53. The number of halogens is 1. The minimum atomic E-state index is -3.82. The predicted octanol–water partition coefficient (Wildman–Crippen LogP) is 2.11. The molecule has 0 radical (unpaired) electrons. The fourth-order valence-electron chi connectivity index (χ4n) is 1.80. The fraction of sp³-hybridized carbons (Fsp3) is 0.133. The van der Waals surface area contributed by atoms with Crippen molar-refractivity contribution >= 4 is 21.7 Å². The zero-order valence-corrected chi connectivity index (χ0v) is 13.0. The molecule has 0 aliphatic carbocycles. The first-order chi connectivity index (χ1) is 10.8. The number of hydrogen-bond donors (Lipinski definition) is 1. The van der Waals surface area contributed by atoms with Crippen molar-refractivity contribution in [2.24, 2.45) is 0 Å². The summed E-state index contributed by atoms with van der Waals surface area (Å²) in [5.41, 5.74) is 0.358. The molecule has 0 aliphatic rings. The monoisotopic (exact) mass is 339 g/mol. The van der Waals surface area contributed by atoms with Gasteiger partial charge in [-0.05, 0) is 48.5 Å². The Morgan fingerprint density at radius 2 is 1.70 bits per heavy atom. The molecule has 1 N–H and O–H groups in total. The molecule has 0 spiro atoms. The number of carboxylic acid groups (broad SMARTS) is 1. The van der Waals surface area contributed by atoms with E-state index in [1.54, 1.807) is 0 Å². The van der Waals surface area contributed by atoms with Crippen LogP contribution in [0, 0.1) is 5.82 Å². The van der Waals surface area contributed by atoms with Gasteiger partial charge in [-0.1, -0.05) is 0 Å². The van der Waals surface area contributed by atoms with Crippen molar-refractivity contribution in [2.75, 3.05) is 18.0 Å². The van der Waals surface area contributed by atoms with Crippen LogP contribution in [-0.4, -0.2) is 33.1 Å². The van der Waals surface area contributed by atoms with Gasteiger partial charge in [0.15, 0.2) is 6.61 Å². The summed E-state index contributed by atoms with van der Waals surface area (Å²) >= 11 is 0. The SMILES string of the molecule is CN(c1ccc(OCC(=O)O)cc1)S(=O)(=O)c1ccc(F)cc1. The molecule has 0 amide bonds. The van der Waals surface area contributed by atoms with Gasteiger partial charge < -0.3 is 9.84 Å². The van der Waals surface area contributed by atoms with Crippen molar-refractivity contribution in [1.82, 2.24) is 0 Å². The lowest BCUT2D eigenvalue weighted by Crippen LogP contribution is -2.26. The molecule has 2 aromatic carbocycles. The van der Waals surface area contributed by atoms with Gasteiger partial charge in [-0.3, -0.25) is 4.31 Å². The van der Waals surface area contributed by atoms with E-state index in [1.165, 1.54) is 43.4 Å². The highest BCUT2D eigenvalue weighted by Crippen LogP contribution is 2.24. The van der Waals surface area contributed by atoms with Crippen LogP contribution in [0.4, 0.5) is 10.1 Å². The Morgan fingerprint density at radius 3 is 2.22 bits per heavy atom. The van der Waals surface area contributed by atoms with Crippen molar-refractivity contribution < 1.29 is 27.4 Å². The second kappa shape index (κ2) is 6.66. The minimum absolute atomic E-state index is 0.0346. The number of rotatable bonds is 6. The highest BCUT2D eigenvalue weighted by molar-refractivity contribution is 7.92. The normalized spacial score (nSPS) is 11.0. The number of carbonyl (C=O) groups is 1. The van der Waals surface area contributed by atoms with E-state index in [1.807, 2.05) is 0 Å². The van der Waals surface area contributed by atoms with Crippen LogP contribution < -0.4 is 9.04 Å². The van der Waals surface area contributed by atoms with Crippen molar-refractivity contribution in [3.05, 3.63) is 54.3 Å². The van der Waals surface area contributed by atoms with Crippen molar-refractivity contribution in [3.8, 4) is 5.75 Å². The molecule has 0 saturated carbocycles. The van der Waals surface area contributed by atoms with Gasteiger partial charge in [-0.2, -0.15) is 0 Å². The van der Waals surface area contributed by atoms with Gasteiger partial charge in [-0.25, -0.2) is 17.6 Å². The van der Waals surface area contributed by atoms with Crippen molar-refractivity contribution in [2.45, 2.75) is 4.90 Å². The lowest BCUT2D eigenvalue weighted by atomic mass is 10.3. The van der Waals surface area contributed by atoms with Gasteiger partial charge >= 0.3 is 5.97 Å². The molecule has 0 aromatic heterocycles. The third-order valence-corrected chi connectivity index (χ3v) is 4.83. The molecule has 0 unspecified atom stereocenters. The molecule has 0 atom stereocenters. The highest BCUT2D eigenvalue weighted by Gasteiger charge is 2.21. The van der Waals surface area contributed by atoms with Crippen molar-refractivity contribution in [3.63, 3.8) is 0 Å². The third kappa shape index (κ3) is 3.98. The van der Waals surface area contributed by atoms with Crippen LogP contribution in [0.25, 0.3) is 0 Å². The summed E-state index contributed by atoms with van der Waals surface area (Å²) in [6, 6.07) is 10.4. The lowest BCUT2D eigenvalue weighted by molar-refractivity contribution is -0.139. The van der Waals surface area contributed by atoms with E-state index in [0.717, 1.165) is 16.4 Å². The molecule has 8 heteroatoms. The maximum atomic E-state index is 12.9. The molecule has 2 rings (SSSR count). The fourth-order valence-corrected chi connectivity index (χ4v) is 3.00. The number of benzene rings is 2. The van der Waals surface area contributed by atoms with E-state index in [9.17, 15) is 17.6 Å². The van der Waals surface area contributed by atoms with E-state index < -0.39 is 28.4 Å². The van der Waals surface area contributed by atoms with E-state index in [2.05, 4.69) is 0 Å². The minimum Gasteiger partial charge on any atom is -0.482 e. The Morgan fingerprint density at radius 1 is 1.13 bits per heavy atom. The predicted molar refractivity (Wildman–Crippen MR) is 81.6 cm³/mol. The number of sulfonamides is 1. The van der Waals surface area contributed by atoms with Gasteiger partial charge in [0, 0.05) is 7.05 Å². The van der Waals surface area contributed by atoms with Gasteiger partial charge in [0.2, 0.25) is 0 Å². The summed E-state index contributed by atoms with van der Waals surface area (Å²) in [6.07, 6.45) is 0. The summed E-state index contributed by atoms with van der Waals surface area (Å²) in [7, 11) is -2.45. The number of anilines is 1. The Bertz CT molecular complexity index is 788. The van der Waals surface area contributed by atoms with Crippen LogP contribution in [0.1, 0.15) is 0 Å². The molecule has 122 valence electrons. The lowest BCUT2D eigenvalue weighted by Gasteiger charge is -2.19. The molecule has 0 saturated heterocycles. The first kappa shape index (κ1) is 16.8. The van der Waals surface area contributed by atoms with E-state index in [-0.39, 0.29) is 4.90 Å². The molecule has 6 nitrogen and oxygen atoms in total. The Kier molecular flexibility index (Phi) is 4.85.